The Morgan fingerprint density at radius 1 is 1.27 bits per heavy atom. The van der Waals surface area contributed by atoms with E-state index in [1.807, 2.05) is 6.92 Å². The van der Waals surface area contributed by atoms with E-state index in [1.54, 1.807) is 43.9 Å². The molecule has 1 unspecified atom stereocenters. The zero-order chi connectivity index (χ0) is 26.7. The van der Waals surface area contributed by atoms with Gasteiger partial charge in [-0.1, -0.05) is 0 Å². The molecule has 0 saturated carbocycles. The Morgan fingerprint density at radius 3 is 2.54 bits per heavy atom. The molecule has 0 bridgehead atoms. The summed E-state index contributed by atoms with van der Waals surface area (Å²) in [6.45, 7) is 1.78. The summed E-state index contributed by atoms with van der Waals surface area (Å²) in [6.07, 6.45) is 8.57. The van der Waals surface area contributed by atoms with Crippen LogP contribution in [0.3, 0.4) is 0 Å². The van der Waals surface area contributed by atoms with E-state index in [0.29, 0.717) is 22.6 Å². The van der Waals surface area contributed by atoms with Crippen molar-refractivity contribution in [2.24, 2.45) is 5.73 Å². The van der Waals surface area contributed by atoms with E-state index < -0.39 is 23.4 Å². The van der Waals surface area contributed by atoms with Crippen molar-refractivity contribution in [3.8, 4) is 11.5 Å². The second kappa shape index (κ2) is 10.7. The first kappa shape index (κ1) is 25.8. The Balaban J connectivity index is 1.87. The lowest BCUT2D eigenvalue weighted by Crippen LogP contribution is -2.50. The lowest BCUT2D eigenvalue weighted by Gasteiger charge is -2.38. The summed E-state index contributed by atoms with van der Waals surface area (Å²) in [4.78, 5) is 20.9. The number of amides is 2. The van der Waals surface area contributed by atoms with E-state index in [1.165, 1.54) is 19.1 Å². The molecule has 2 amide bonds. The largest absolute Gasteiger partial charge is 0.493 e. The summed E-state index contributed by atoms with van der Waals surface area (Å²) >= 11 is 0. The number of nitrogens with zero attached hydrogens (tertiary/aromatic N) is 3. The van der Waals surface area contributed by atoms with E-state index in [-0.39, 0.29) is 30.6 Å². The molecule has 2 aliphatic heterocycles. The van der Waals surface area contributed by atoms with Gasteiger partial charge in [0.1, 0.15) is 5.69 Å². The zero-order valence-electron chi connectivity index (χ0n) is 20.9. The lowest BCUT2D eigenvalue weighted by molar-refractivity contribution is 0.249. The van der Waals surface area contributed by atoms with Crippen molar-refractivity contribution in [2.75, 3.05) is 37.6 Å². The second-order valence-corrected chi connectivity index (χ2v) is 8.41. The van der Waals surface area contributed by atoms with Gasteiger partial charge in [-0.15, -0.1) is 0 Å². The molecule has 10 nitrogen and oxygen atoms in total. The maximum Gasteiger partial charge on any atom is 0.329 e. The fourth-order valence-electron chi connectivity index (χ4n) is 4.17. The van der Waals surface area contributed by atoms with Gasteiger partial charge in [0.05, 0.1) is 44.4 Å². The minimum absolute atomic E-state index is 0.0801. The minimum Gasteiger partial charge on any atom is -0.493 e. The number of pyridine rings is 1. The fourth-order valence-corrected chi connectivity index (χ4v) is 4.17. The van der Waals surface area contributed by atoms with Gasteiger partial charge in [0, 0.05) is 48.9 Å². The van der Waals surface area contributed by atoms with Crippen molar-refractivity contribution in [2.45, 2.75) is 19.5 Å². The molecule has 2 aromatic rings. The van der Waals surface area contributed by atoms with Gasteiger partial charge in [-0.25, -0.2) is 13.6 Å². The first-order chi connectivity index (χ1) is 17.8. The number of carbonyl (C=O) groups is 1. The number of aromatic nitrogens is 1. The smallest absolute Gasteiger partial charge is 0.329 e. The summed E-state index contributed by atoms with van der Waals surface area (Å²) in [5.41, 5.74) is 14.5. The Morgan fingerprint density at radius 2 is 1.97 bits per heavy atom. The predicted molar refractivity (Wildman–Crippen MR) is 137 cm³/mol. The summed E-state index contributed by atoms with van der Waals surface area (Å²) in [7, 11) is 4.25. The highest BCUT2D eigenvalue weighted by Crippen LogP contribution is 2.41. The molecule has 196 valence electrons. The molecule has 12 heteroatoms. The number of halogens is 2. The molecular formula is C25H29F2N7O3. The van der Waals surface area contributed by atoms with Crippen LogP contribution in [-0.2, 0) is 6.54 Å². The highest BCUT2D eigenvalue weighted by molar-refractivity contribution is 6.07. The summed E-state index contributed by atoms with van der Waals surface area (Å²) in [6, 6.07) is 1.87. The monoisotopic (exact) mass is 513 g/mol. The fraction of sp³-hybridized carbons (Fsp3) is 0.280. The van der Waals surface area contributed by atoms with Crippen LogP contribution in [0.1, 0.15) is 18.2 Å². The molecule has 1 aromatic heterocycles. The van der Waals surface area contributed by atoms with Crippen molar-refractivity contribution in [1.82, 2.24) is 21.2 Å². The van der Waals surface area contributed by atoms with Crippen LogP contribution in [0.5, 0.6) is 11.5 Å². The molecule has 0 fully saturated rings. The molecule has 37 heavy (non-hydrogen) atoms. The van der Waals surface area contributed by atoms with Crippen LogP contribution >= 0.6 is 0 Å². The van der Waals surface area contributed by atoms with Crippen molar-refractivity contribution in [1.29, 1.82) is 0 Å². The number of carbonyl (C=O) groups excluding carboxylic acids is 1. The Kier molecular flexibility index (Phi) is 7.48. The first-order valence-electron chi connectivity index (χ1n) is 11.5. The molecule has 0 saturated heterocycles. The Labute approximate surface area is 213 Å². The SMILES string of the molecule is CN/C=C(/c1cc2c(cn1)CN(c1c(F)c(OC)cc(OC)c1F)C(=O)N2CC1=CC=CNN1)C(C)N. The third kappa shape index (κ3) is 4.87. The number of nitrogens with two attached hydrogens (primary N) is 1. The molecule has 0 aliphatic carbocycles. The van der Waals surface area contributed by atoms with Crippen LogP contribution in [0.25, 0.3) is 5.57 Å². The van der Waals surface area contributed by atoms with Gasteiger partial charge in [0.15, 0.2) is 23.1 Å². The zero-order valence-corrected chi connectivity index (χ0v) is 20.9. The van der Waals surface area contributed by atoms with Crippen LogP contribution in [0.4, 0.5) is 25.0 Å². The van der Waals surface area contributed by atoms with Gasteiger partial charge in [0.2, 0.25) is 0 Å². The van der Waals surface area contributed by atoms with Gasteiger partial charge < -0.3 is 31.4 Å². The number of hydrogen-bond donors (Lipinski definition) is 4. The standard InChI is InChI=1S/C25H29F2N7O3/c1-14(28)17(11-29-2)18-8-19-15(10-30-18)12-34(25(35)33(19)13-16-6-5-7-31-32-16)24-22(26)20(36-3)9-21(37-4)23(24)27/h5-11,14,29,31-32H,12-13,28H2,1-4H3/b17-11+. The van der Waals surface area contributed by atoms with Gasteiger partial charge >= 0.3 is 6.03 Å². The van der Waals surface area contributed by atoms with E-state index in [4.69, 9.17) is 15.2 Å². The molecule has 5 N–H and O–H groups in total. The molecular weight excluding hydrogens is 484 g/mol. The number of rotatable bonds is 8. The number of ether oxygens (including phenoxy) is 2. The third-order valence-corrected chi connectivity index (χ3v) is 5.99. The average molecular weight is 514 g/mol. The normalized spacial score (nSPS) is 15.9. The van der Waals surface area contributed by atoms with Crippen molar-refractivity contribution >= 4 is 23.0 Å². The van der Waals surface area contributed by atoms with Crippen molar-refractivity contribution in [3.05, 3.63) is 71.5 Å². The third-order valence-electron chi connectivity index (χ3n) is 5.99. The maximum absolute atomic E-state index is 15.4. The molecule has 2 aliphatic rings. The number of methoxy groups -OCH3 is 2. The van der Waals surface area contributed by atoms with Crippen LogP contribution < -0.4 is 41.2 Å². The molecule has 0 radical (unpaired) electrons. The van der Waals surface area contributed by atoms with Gasteiger partial charge in [-0.2, -0.15) is 0 Å². The van der Waals surface area contributed by atoms with Crippen LogP contribution in [0.15, 0.2) is 48.6 Å². The molecule has 4 rings (SSSR count). The predicted octanol–water partition coefficient (Wildman–Crippen LogP) is 2.74. The van der Waals surface area contributed by atoms with Gasteiger partial charge in [-0.05, 0) is 25.1 Å². The quantitative estimate of drug-likeness (QED) is 0.426. The van der Waals surface area contributed by atoms with Gasteiger partial charge in [-0.3, -0.25) is 14.8 Å². The number of benzene rings is 1. The highest BCUT2D eigenvalue weighted by atomic mass is 19.1. The summed E-state index contributed by atoms with van der Waals surface area (Å²) in [5.74, 6) is -2.54. The molecule has 3 heterocycles. The van der Waals surface area contributed by atoms with E-state index in [0.717, 1.165) is 16.5 Å². The summed E-state index contributed by atoms with van der Waals surface area (Å²) in [5, 5.41) is 2.96. The maximum atomic E-state index is 15.4. The van der Waals surface area contributed by atoms with E-state index in [2.05, 4.69) is 21.2 Å². The van der Waals surface area contributed by atoms with Crippen LogP contribution in [-0.4, -0.2) is 44.9 Å². The number of fused-ring (bicyclic) bond motifs is 1. The Bertz CT molecular complexity index is 1270. The molecule has 0 spiro atoms. The van der Waals surface area contributed by atoms with Crippen molar-refractivity contribution in [3.63, 3.8) is 0 Å². The number of hydrazine groups is 1. The van der Waals surface area contributed by atoms with E-state index >= 15 is 8.78 Å². The minimum atomic E-state index is -1.02. The molecule has 1 atom stereocenters. The first-order valence-corrected chi connectivity index (χ1v) is 11.5. The van der Waals surface area contributed by atoms with Crippen LogP contribution in [0.2, 0.25) is 0 Å². The number of nitrogens with one attached hydrogen (secondary N) is 3. The number of allylic oxidation sites excluding steroid dienone is 2. The highest BCUT2D eigenvalue weighted by Gasteiger charge is 2.37. The molecule has 1 aromatic carbocycles. The summed E-state index contributed by atoms with van der Waals surface area (Å²) < 4.78 is 40.9. The average Bonchev–Trinajstić information content (AvgIpc) is 2.90. The number of anilines is 2. The number of urea groups is 1. The van der Waals surface area contributed by atoms with Crippen LogP contribution in [0, 0.1) is 11.6 Å². The lowest BCUT2D eigenvalue weighted by atomic mass is 10.0. The Hall–Kier alpha value is -4.32. The second-order valence-electron chi connectivity index (χ2n) is 8.41. The van der Waals surface area contributed by atoms with Gasteiger partial charge in [0.25, 0.3) is 0 Å². The van der Waals surface area contributed by atoms with E-state index in [9.17, 15) is 4.79 Å². The number of hydrogen-bond acceptors (Lipinski definition) is 8. The topological polar surface area (TPSA) is 117 Å². The van der Waals surface area contributed by atoms with Crippen molar-refractivity contribution < 1.29 is 23.0 Å².